The van der Waals surface area contributed by atoms with E-state index in [1.165, 1.54) is 13.1 Å². The molecule has 0 bridgehead atoms. The van der Waals surface area contributed by atoms with E-state index in [0.29, 0.717) is 5.56 Å². The average Bonchev–Trinajstić information content (AvgIpc) is 2.59. The predicted molar refractivity (Wildman–Crippen MR) is 61.9 cm³/mol. The number of hydrogen-bond donors (Lipinski definition) is 2. The summed E-state index contributed by atoms with van der Waals surface area (Å²) in [5.74, 6) is -1.48. The molecular formula is C11H17N3O3. The summed E-state index contributed by atoms with van der Waals surface area (Å²) >= 11 is 0. The summed E-state index contributed by atoms with van der Waals surface area (Å²) in [7, 11) is 0. The fourth-order valence-electron chi connectivity index (χ4n) is 1.50. The van der Waals surface area contributed by atoms with Crippen molar-refractivity contribution in [1.82, 2.24) is 15.1 Å². The number of carboxylic acid groups (broad SMARTS) is 1. The van der Waals surface area contributed by atoms with Gasteiger partial charge in [-0.3, -0.25) is 14.3 Å². The summed E-state index contributed by atoms with van der Waals surface area (Å²) in [4.78, 5) is 22.4. The van der Waals surface area contributed by atoms with Crippen LogP contribution in [0, 0.1) is 6.92 Å². The maximum Gasteiger partial charge on any atom is 0.325 e. The quantitative estimate of drug-likeness (QED) is 0.820. The van der Waals surface area contributed by atoms with Gasteiger partial charge in [0.2, 0.25) is 0 Å². The fraction of sp³-hybridized carbons (Fsp3) is 0.545. The number of nitrogens with zero attached hydrogens (tertiary/aromatic N) is 2. The van der Waals surface area contributed by atoms with E-state index in [1.54, 1.807) is 11.6 Å². The molecular weight excluding hydrogens is 222 g/mol. The summed E-state index contributed by atoms with van der Waals surface area (Å²) in [5, 5.41) is 15.2. The zero-order valence-electron chi connectivity index (χ0n) is 10.4. The van der Waals surface area contributed by atoms with Gasteiger partial charge >= 0.3 is 5.97 Å². The summed E-state index contributed by atoms with van der Waals surface area (Å²) in [6.07, 6.45) is 1.46. The van der Waals surface area contributed by atoms with Gasteiger partial charge in [-0.15, -0.1) is 0 Å². The number of aliphatic carboxylic acids is 1. The molecule has 0 unspecified atom stereocenters. The second-order valence-electron chi connectivity index (χ2n) is 4.22. The largest absolute Gasteiger partial charge is 0.480 e. The number of rotatable bonds is 4. The van der Waals surface area contributed by atoms with Gasteiger partial charge in [0, 0.05) is 11.7 Å². The van der Waals surface area contributed by atoms with E-state index in [4.69, 9.17) is 5.11 Å². The normalized spacial score (nSPS) is 12.5. The molecule has 0 saturated heterocycles. The molecule has 1 aromatic rings. The Hall–Kier alpha value is -1.85. The van der Waals surface area contributed by atoms with Crippen molar-refractivity contribution < 1.29 is 14.7 Å². The fourth-order valence-corrected chi connectivity index (χ4v) is 1.50. The Morgan fingerprint density at radius 1 is 1.41 bits per heavy atom. The van der Waals surface area contributed by atoms with Crippen LogP contribution >= 0.6 is 0 Å². The maximum absolute atomic E-state index is 11.8. The SMILES string of the molecule is Cc1c(C(=O)N[C@@H](C)C(=O)O)cnn1C(C)C. The highest BCUT2D eigenvalue weighted by Gasteiger charge is 2.19. The van der Waals surface area contributed by atoms with Crippen LogP contribution in [0.2, 0.25) is 0 Å². The van der Waals surface area contributed by atoms with Gasteiger partial charge in [0.25, 0.3) is 5.91 Å². The second kappa shape index (κ2) is 4.99. The monoisotopic (exact) mass is 239 g/mol. The Kier molecular flexibility index (Phi) is 3.88. The third-order valence-corrected chi connectivity index (χ3v) is 2.50. The van der Waals surface area contributed by atoms with Crippen molar-refractivity contribution >= 4 is 11.9 Å². The summed E-state index contributed by atoms with van der Waals surface area (Å²) < 4.78 is 1.72. The molecule has 2 N–H and O–H groups in total. The van der Waals surface area contributed by atoms with Gasteiger partial charge in [-0.05, 0) is 27.7 Å². The number of carbonyl (C=O) groups is 2. The number of carboxylic acids is 1. The molecule has 0 saturated carbocycles. The number of amides is 1. The minimum absolute atomic E-state index is 0.161. The van der Waals surface area contributed by atoms with Crippen LogP contribution in [0.15, 0.2) is 6.20 Å². The van der Waals surface area contributed by atoms with Gasteiger partial charge in [0.05, 0.1) is 11.8 Å². The molecule has 0 aliphatic carbocycles. The van der Waals surface area contributed by atoms with E-state index >= 15 is 0 Å². The van der Waals surface area contributed by atoms with E-state index in [0.717, 1.165) is 5.69 Å². The van der Waals surface area contributed by atoms with Crippen molar-refractivity contribution in [2.24, 2.45) is 0 Å². The van der Waals surface area contributed by atoms with E-state index in [2.05, 4.69) is 10.4 Å². The maximum atomic E-state index is 11.8. The number of nitrogens with one attached hydrogen (secondary N) is 1. The minimum atomic E-state index is -1.06. The minimum Gasteiger partial charge on any atom is -0.480 e. The summed E-state index contributed by atoms with van der Waals surface area (Å²) in [5.41, 5.74) is 1.14. The van der Waals surface area contributed by atoms with Crippen LogP contribution in [0.3, 0.4) is 0 Å². The molecule has 1 amide bonds. The smallest absolute Gasteiger partial charge is 0.325 e. The molecule has 1 rings (SSSR count). The first kappa shape index (κ1) is 13.2. The Morgan fingerprint density at radius 2 is 2.00 bits per heavy atom. The highest BCUT2D eigenvalue weighted by molar-refractivity contribution is 5.97. The average molecular weight is 239 g/mol. The Labute approximate surface area is 99.6 Å². The van der Waals surface area contributed by atoms with Gasteiger partial charge < -0.3 is 10.4 Å². The Balaban J connectivity index is 2.87. The van der Waals surface area contributed by atoms with Crippen molar-refractivity contribution in [2.45, 2.75) is 39.8 Å². The van der Waals surface area contributed by atoms with Crippen LogP contribution in [-0.2, 0) is 4.79 Å². The summed E-state index contributed by atoms with van der Waals surface area (Å²) in [6.45, 7) is 7.12. The lowest BCUT2D eigenvalue weighted by molar-refractivity contribution is -0.138. The number of carbonyl (C=O) groups excluding carboxylic acids is 1. The van der Waals surface area contributed by atoms with Crippen molar-refractivity contribution in [3.63, 3.8) is 0 Å². The molecule has 1 heterocycles. The molecule has 0 radical (unpaired) electrons. The van der Waals surface area contributed by atoms with Crippen molar-refractivity contribution in [3.05, 3.63) is 17.5 Å². The van der Waals surface area contributed by atoms with Crippen LogP contribution in [0.1, 0.15) is 42.9 Å². The lowest BCUT2D eigenvalue weighted by atomic mass is 10.2. The van der Waals surface area contributed by atoms with E-state index in [1.807, 2.05) is 13.8 Å². The lowest BCUT2D eigenvalue weighted by Crippen LogP contribution is -2.38. The van der Waals surface area contributed by atoms with E-state index in [-0.39, 0.29) is 6.04 Å². The first-order valence-corrected chi connectivity index (χ1v) is 5.42. The highest BCUT2D eigenvalue weighted by atomic mass is 16.4. The zero-order valence-corrected chi connectivity index (χ0v) is 10.4. The van der Waals surface area contributed by atoms with E-state index in [9.17, 15) is 9.59 Å². The van der Waals surface area contributed by atoms with Crippen LogP contribution in [0.5, 0.6) is 0 Å². The number of aromatic nitrogens is 2. The molecule has 17 heavy (non-hydrogen) atoms. The molecule has 0 fully saturated rings. The van der Waals surface area contributed by atoms with Gasteiger partial charge in [-0.1, -0.05) is 0 Å². The van der Waals surface area contributed by atoms with Crippen LogP contribution in [0.4, 0.5) is 0 Å². The van der Waals surface area contributed by atoms with Crippen molar-refractivity contribution in [1.29, 1.82) is 0 Å². The first-order chi connectivity index (χ1) is 7.84. The van der Waals surface area contributed by atoms with Gasteiger partial charge in [0.1, 0.15) is 6.04 Å². The molecule has 6 nitrogen and oxygen atoms in total. The Morgan fingerprint density at radius 3 is 2.41 bits per heavy atom. The van der Waals surface area contributed by atoms with Crippen molar-refractivity contribution in [2.75, 3.05) is 0 Å². The van der Waals surface area contributed by atoms with Crippen LogP contribution < -0.4 is 5.32 Å². The number of hydrogen-bond acceptors (Lipinski definition) is 3. The predicted octanol–water partition coefficient (Wildman–Crippen LogP) is 0.975. The zero-order chi connectivity index (χ0) is 13.2. The molecule has 0 aromatic carbocycles. The lowest BCUT2D eigenvalue weighted by Gasteiger charge is -2.10. The Bertz CT molecular complexity index is 437. The standard InChI is InChI=1S/C11H17N3O3/c1-6(2)14-8(4)9(5-12-14)10(15)13-7(3)11(16)17/h5-7H,1-4H3,(H,13,15)(H,16,17)/t7-/m0/s1. The van der Waals surface area contributed by atoms with Gasteiger partial charge in [-0.25, -0.2) is 0 Å². The van der Waals surface area contributed by atoms with Gasteiger partial charge in [-0.2, -0.15) is 5.10 Å². The van der Waals surface area contributed by atoms with Crippen LogP contribution in [-0.4, -0.2) is 32.8 Å². The molecule has 0 spiro atoms. The van der Waals surface area contributed by atoms with Gasteiger partial charge in [0.15, 0.2) is 0 Å². The first-order valence-electron chi connectivity index (χ1n) is 5.42. The highest BCUT2D eigenvalue weighted by Crippen LogP contribution is 2.12. The third-order valence-electron chi connectivity index (χ3n) is 2.50. The molecule has 94 valence electrons. The molecule has 6 heteroatoms. The molecule has 0 aliphatic rings. The third kappa shape index (κ3) is 2.83. The summed E-state index contributed by atoms with van der Waals surface area (Å²) in [6, 6.07) is -0.752. The van der Waals surface area contributed by atoms with Crippen LogP contribution in [0.25, 0.3) is 0 Å². The molecule has 1 atom stereocenters. The second-order valence-corrected chi connectivity index (χ2v) is 4.22. The molecule has 0 aliphatic heterocycles. The van der Waals surface area contributed by atoms with Crippen molar-refractivity contribution in [3.8, 4) is 0 Å². The van der Waals surface area contributed by atoms with E-state index < -0.39 is 17.9 Å². The molecule has 1 aromatic heterocycles. The topological polar surface area (TPSA) is 84.2 Å².